The van der Waals surface area contributed by atoms with Crippen LogP contribution in [0.4, 0.5) is 5.69 Å². The van der Waals surface area contributed by atoms with Gasteiger partial charge in [-0.1, -0.05) is 23.2 Å². The van der Waals surface area contributed by atoms with Crippen molar-refractivity contribution >= 4 is 34.5 Å². The van der Waals surface area contributed by atoms with E-state index in [4.69, 9.17) is 28.9 Å². The van der Waals surface area contributed by atoms with E-state index in [2.05, 4.69) is 10.2 Å². The van der Waals surface area contributed by atoms with Gasteiger partial charge in [0.15, 0.2) is 11.5 Å². The number of rotatable bonds is 1. The van der Waals surface area contributed by atoms with Gasteiger partial charge < -0.3 is 5.73 Å². The summed E-state index contributed by atoms with van der Waals surface area (Å²) in [6, 6.07) is 8.82. The molecule has 2 aromatic heterocycles. The third kappa shape index (κ3) is 1.79. The highest BCUT2D eigenvalue weighted by atomic mass is 35.5. The lowest BCUT2D eigenvalue weighted by Gasteiger charge is -2.03. The van der Waals surface area contributed by atoms with Gasteiger partial charge in [0.05, 0.1) is 5.02 Å². The first-order valence-corrected chi connectivity index (χ1v) is 5.96. The first-order chi connectivity index (χ1) is 8.65. The van der Waals surface area contributed by atoms with Gasteiger partial charge in [-0.3, -0.25) is 4.40 Å². The maximum Gasteiger partial charge on any atom is 0.169 e. The molecule has 3 aromatic rings. The highest BCUT2D eigenvalue weighted by Gasteiger charge is 2.11. The molecule has 4 nitrogen and oxygen atoms in total. The van der Waals surface area contributed by atoms with Gasteiger partial charge in [-0.15, -0.1) is 10.2 Å². The minimum absolute atomic E-state index is 0.527. The highest BCUT2D eigenvalue weighted by molar-refractivity contribution is 6.36. The van der Waals surface area contributed by atoms with Crippen LogP contribution in [0.5, 0.6) is 0 Å². The maximum atomic E-state index is 6.16. The molecule has 0 amide bonds. The second-order valence-corrected chi connectivity index (χ2v) is 4.68. The molecule has 6 heteroatoms. The Bertz CT molecular complexity index is 736. The zero-order valence-corrected chi connectivity index (χ0v) is 10.7. The average molecular weight is 279 g/mol. The smallest absolute Gasteiger partial charge is 0.169 e. The molecule has 0 bridgehead atoms. The van der Waals surface area contributed by atoms with Gasteiger partial charge in [0, 0.05) is 22.5 Å². The highest BCUT2D eigenvalue weighted by Crippen LogP contribution is 2.29. The first-order valence-electron chi connectivity index (χ1n) is 5.21. The summed E-state index contributed by atoms with van der Waals surface area (Å²) in [5.74, 6) is 0.638. The number of halogens is 2. The Kier molecular flexibility index (Phi) is 2.61. The minimum Gasteiger partial charge on any atom is -0.398 e. The van der Waals surface area contributed by atoms with Crippen molar-refractivity contribution in [1.82, 2.24) is 14.6 Å². The van der Waals surface area contributed by atoms with E-state index in [0.29, 0.717) is 27.2 Å². The normalized spacial score (nSPS) is 11.0. The Morgan fingerprint density at radius 2 is 1.89 bits per heavy atom. The quantitative estimate of drug-likeness (QED) is 0.743. The van der Waals surface area contributed by atoms with Crippen LogP contribution in [0.3, 0.4) is 0 Å². The second-order valence-electron chi connectivity index (χ2n) is 3.84. The minimum atomic E-state index is 0.527. The molecule has 2 heterocycles. The number of anilines is 1. The van der Waals surface area contributed by atoms with Gasteiger partial charge in [0.2, 0.25) is 0 Å². The zero-order valence-electron chi connectivity index (χ0n) is 9.14. The summed E-state index contributed by atoms with van der Waals surface area (Å²) in [7, 11) is 0. The van der Waals surface area contributed by atoms with Crippen LogP contribution in [-0.4, -0.2) is 14.6 Å². The number of aromatic nitrogens is 3. The third-order valence-electron chi connectivity index (χ3n) is 2.60. The fourth-order valence-corrected chi connectivity index (χ4v) is 2.25. The molecular weight excluding hydrogens is 271 g/mol. The van der Waals surface area contributed by atoms with Gasteiger partial charge in [0.25, 0.3) is 0 Å². The molecule has 0 saturated heterocycles. The molecule has 18 heavy (non-hydrogen) atoms. The largest absolute Gasteiger partial charge is 0.398 e. The number of hydrogen-bond donors (Lipinski definition) is 1. The van der Waals surface area contributed by atoms with Crippen LogP contribution < -0.4 is 5.73 Å². The number of hydrogen-bond acceptors (Lipinski definition) is 3. The van der Waals surface area contributed by atoms with Crippen LogP contribution in [0.1, 0.15) is 0 Å². The van der Waals surface area contributed by atoms with Crippen LogP contribution >= 0.6 is 23.2 Å². The van der Waals surface area contributed by atoms with E-state index < -0.39 is 0 Å². The molecule has 0 spiro atoms. The third-order valence-corrected chi connectivity index (χ3v) is 3.15. The first kappa shape index (κ1) is 11.3. The summed E-state index contributed by atoms with van der Waals surface area (Å²) in [4.78, 5) is 0. The molecule has 0 aliphatic rings. The summed E-state index contributed by atoms with van der Waals surface area (Å²) in [6.07, 6.45) is 1.76. The Morgan fingerprint density at radius 1 is 1.06 bits per heavy atom. The van der Waals surface area contributed by atoms with E-state index in [-0.39, 0.29) is 0 Å². The van der Waals surface area contributed by atoms with Crippen molar-refractivity contribution in [3.63, 3.8) is 0 Å². The van der Waals surface area contributed by atoms with E-state index in [0.717, 1.165) is 5.56 Å². The van der Waals surface area contributed by atoms with Gasteiger partial charge in [-0.2, -0.15) is 0 Å². The maximum absolute atomic E-state index is 6.16. The van der Waals surface area contributed by atoms with Gasteiger partial charge in [-0.05, 0) is 30.3 Å². The Hall–Kier alpha value is -1.78. The average Bonchev–Trinajstić information content (AvgIpc) is 2.72. The molecule has 3 rings (SSSR count). The predicted octanol–water partition coefficient (Wildman–Crippen LogP) is 3.29. The van der Waals surface area contributed by atoms with Crippen molar-refractivity contribution in [2.45, 2.75) is 0 Å². The van der Waals surface area contributed by atoms with Crippen molar-refractivity contribution in [3.05, 3.63) is 46.6 Å². The zero-order chi connectivity index (χ0) is 12.7. The summed E-state index contributed by atoms with van der Waals surface area (Å²) in [6.45, 7) is 0. The van der Waals surface area contributed by atoms with Crippen LogP contribution in [0.2, 0.25) is 10.0 Å². The molecule has 0 atom stereocenters. The molecule has 0 aliphatic heterocycles. The van der Waals surface area contributed by atoms with Gasteiger partial charge in [-0.25, -0.2) is 0 Å². The monoisotopic (exact) mass is 278 g/mol. The molecule has 0 radical (unpaired) electrons. The molecular formula is C12H8Cl2N4. The fourth-order valence-electron chi connectivity index (χ4n) is 1.76. The molecule has 2 N–H and O–H groups in total. The van der Waals surface area contributed by atoms with Crippen LogP contribution in [0.25, 0.3) is 17.0 Å². The Balaban J connectivity index is 2.28. The van der Waals surface area contributed by atoms with E-state index in [1.165, 1.54) is 0 Å². The Morgan fingerprint density at radius 3 is 2.67 bits per heavy atom. The van der Waals surface area contributed by atoms with Crippen LogP contribution in [0, 0.1) is 0 Å². The molecule has 0 saturated carbocycles. The molecule has 0 aliphatic carbocycles. The molecule has 0 unspecified atom stereocenters. The van der Waals surface area contributed by atoms with E-state index >= 15 is 0 Å². The fraction of sp³-hybridized carbons (Fsp3) is 0. The number of pyridine rings is 1. The summed E-state index contributed by atoms with van der Waals surface area (Å²) in [5.41, 5.74) is 7.87. The number of benzene rings is 1. The van der Waals surface area contributed by atoms with Crippen molar-refractivity contribution < 1.29 is 0 Å². The lowest BCUT2D eigenvalue weighted by atomic mass is 10.2. The van der Waals surface area contributed by atoms with E-state index in [1.807, 2.05) is 6.07 Å². The molecule has 0 fully saturated rings. The molecule has 1 aromatic carbocycles. The van der Waals surface area contributed by atoms with Crippen LogP contribution in [-0.2, 0) is 0 Å². The lowest BCUT2D eigenvalue weighted by Crippen LogP contribution is -1.93. The number of nitrogens with zero attached hydrogens (tertiary/aromatic N) is 3. The van der Waals surface area contributed by atoms with Crippen molar-refractivity contribution in [2.24, 2.45) is 0 Å². The van der Waals surface area contributed by atoms with Gasteiger partial charge >= 0.3 is 0 Å². The Labute approximate surface area is 113 Å². The van der Waals surface area contributed by atoms with Crippen molar-refractivity contribution in [3.8, 4) is 11.4 Å². The SMILES string of the molecule is Nc1ccc2nnc(-c3ccc(Cl)cc3Cl)n2c1. The van der Waals surface area contributed by atoms with Gasteiger partial charge in [0.1, 0.15) is 0 Å². The van der Waals surface area contributed by atoms with E-state index in [9.17, 15) is 0 Å². The summed E-state index contributed by atoms with van der Waals surface area (Å²) >= 11 is 12.0. The van der Waals surface area contributed by atoms with Crippen molar-refractivity contribution in [2.75, 3.05) is 5.73 Å². The standard InChI is InChI=1S/C12H8Cl2N4/c13-7-1-3-9(10(14)5-7)12-17-16-11-4-2-8(15)6-18(11)12/h1-6H,15H2. The second kappa shape index (κ2) is 4.15. The van der Waals surface area contributed by atoms with E-state index in [1.54, 1.807) is 34.9 Å². The van der Waals surface area contributed by atoms with Crippen molar-refractivity contribution in [1.29, 1.82) is 0 Å². The number of nitrogen functional groups attached to an aromatic ring is 1. The number of nitrogens with two attached hydrogens (primary N) is 1. The number of fused-ring (bicyclic) bond motifs is 1. The van der Waals surface area contributed by atoms with Crippen LogP contribution in [0.15, 0.2) is 36.5 Å². The predicted molar refractivity (Wildman–Crippen MR) is 72.9 cm³/mol. The lowest BCUT2D eigenvalue weighted by molar-refractivity contribution is 1.11. The molecule has 90 valence electrons. The summed E-state index contributed by atoms with van der Waals surface area (Å²) < 4.78 is 1.80. The topological polar surface area (TPSA) is 56.2 Å². The summed E-state index contributed by atoms with van der Waals surface area (Å²) in [5, 5.41) is 9.30.